The number of hydrogen-bond donors (Lipinski definition) is 6. The van der Waals surface area contributed by atoms with Crippen LogP contribution in [0.25, 0.3) is 0 Å². The van der Waals surface area contributed by atoms with Gasteiger partial charge in [0.25, 0.3) is 0 Å². The van der Waals surface area contributed by atoms with E-state index >= 15 is 0 Å². The van der Waals surface area contributed by atoms with Gasteiger partial charge in [-0.3, -0.25) is 4.79 Å². The summed E-state index contributed by atoms with van der Waals surface area (Å²) in [5.74, 6) is -0.166. The molecule has 0 aromatic carbocycles. The molecule has 0 aromatic rings. The Morgan fingerprint density at radius 3 is 1.42 bits per heavy atom. The smallest absolute Gasteiger partial charge is 0.220 e. The molecule has 1 amide bonds. The van der Waals surface area contributed by atoms with Crippen LogP contribution in [0.5, 0.6) is 0 Å². The summed E-state index contributed by atoms with van der Waals surface area (Å²) in [4.78, 5) is 13.0. The number of amides is 1. The van der Waals surface area contributed by atoms with E-state index in [-0.39, 0.29) is 12.5 Å². The molecule has 7 atom stereocenters. The summed E-state index contributed by atoms with van der Waals surface area (Å²) in [6.07, 6.45) is 52.8. The highest BCUT2D eigenvalue weighted by Crippen LogP contribution is 2.23. The van der Waals surface area contributed by atoms with Crippen molar-refractivity contribution in [1.82, 2.24) is 5.32 Å². The second-order valence-electron chi connectivity index (χ2n) is 19.0. The minimum Gasteiger partial charge on any atom is -0.394 e. The van der Waals surface area contributed by atoms with Gasteiger partial charge in [0, 0.05) is 6.42 Å². The average Bonchev–Trinajstić information content (AvgIpc) is 3.31. The fourth-order valence-electron chi connectivity index (χ4n) is 8.62. The van der Waals surface area contributed by atoms with Gasteiger partial charge in [0.1, 0.15) is 24.4 Å². The molecule has 1 aliphatic rings. The van der Waals surface area contributed by atoms with E-state index in [0.29, 0.717) is 12.8 Å². The number of allylic oxidation sites excluding steroid dienone is 8. The first kappa shape index (κ1) is 61.2. The van der Waals surface area contributed by atoms with Crippen LogP contribution in [0.4, 0.5) is 0 Å². The number of rotatable bonds is 46. The number of nitrogens with one attached hydrogen (secondary N) is 1. The maximum atomic E-state index is 13.0. The van der Waals surface area contributed by atoms with Crippen LogP contribution in [0.1, 0.15) is 245 Å². The van der Waals surface area contributed by atoms with Crippen LogP contribution in [-0.2, 0) is 14.3 Å². The second-order valence-corrected chi connectivity index (χ2v) is 19.0. The van der Waals surface area contributed by atoms with E-state index in [1.54, 1.807) is 0 Å². The highest BCUT2D eigenvalue weighted by molar-refractivity contribution is 5.76. The molecule has 0 aliphatic carbocycles. The molecule has 0 bridgehead atoms. The van der Waals surface area contributed by atoms with Crippen molar-refractivity contribution in [2.24, 2.45) is 0 Å². The van der Waals surface area contributed by atoms with Crippen LogP contribution < -0.4 is 5.32 Å². The first-order valence-corrected chi connectivity index (χ1v) is 27.3. The molecule has 0 radical (unpaired) electrons. The van der Waals surface area contributed by atoms with Gasteiger partial charge in [-0.05, 0) is 51.4 Å². The maximum absolute atomic E-state index is 13.0. The van der Waals surface area contributed by atoms with E-state index in [1.807, 2.05) is 0 Å². The van der Waals surface area contributed by atoms with E-state index in [4.69, 9.17) is 9.47 Å². The van der Waals surface area contributed by atoms with E-state index in [0.717, 1.165) is 77.0 Å². The van der Waals surface area contributed by atoms with Gasteiger partial charge in [-0.2, -0.15) is 0 Å². The van der Waals surface area contributed by atoms with Crippen molar-refractivity contribution < 1.29 is 39.8 Å². The van der Waals surface area contributed by atoms with E-state index in [9.17, 15) is 30.3 Å². The fraction of sp³-hybridized carbons (Fsp3) is 0.839. The van der Waals surface area contributed by atoms with E-state index < -0.39 is 49.5 Å². The van der Waals surface area contributed by atoms with Crippen molar-refractivity contribution in [2.45, 2.75) is 288 Å². The molecule has 1 saturated heterocycles. The van der Waals surface area contributed by atoms with Crippen molar-refractivity contribution in [3.8, 4) is 0 Å². The molecule has 380 valence electrons. The minimum atomic E-state index is -1.56. The van der Waals surface area contributed by atoms with Gasteiger partial charge < -0.3 is 40.3 Å². The predicted molar refractivity (Wildman–Crippen MR) is 272 cm³/mol. The largest absolute Gasteiger partial charge is 0.394 e. The fourth-order valence-corrected chi connectivity index (χ4v) is 8.62. The summed E-state index contributed by atoms with van der Waals surface area (Å²) >= 11 is 0. The highest BCUT2D eigenvalue weighted by Gasteiger charge is 2.44. The molecule has 1 rings (SSSR count). The summed E-state index contributed by atoms with van der Waals surface area (Å²) in [6, 6.07) is -0.734. The number of unbranched alkanes of at least 4 members (excludes halogenated alkanes) is 28. The highest BCUT2D eigenvalue weighted by atomic mass is 16.7. The van der Waals surface area contributed by atoms with Crippen LogP contribution in [-0.4, -0.2) is 87.5 Å². The quantitative estimate of drug-likeness (QED) is 0.0261. The zero-order valence-corrected chi connectivity index (χ0v) is 42.0. The molecule has 1 fully saturated rings. The number of carbonyl (C=O) groups excluding carboxylic acids is 1. The van der Waals surface area contributed by atoms with Crippen molar-refractivity contribution in [3.63, 3.8) is 0 Å². The van der Waals surface area contributed by atoms with E-state index in [1.165, 1.54) is 141 Å². The van der Waals surface area contributed by atoms with Crippen molar-refractivity contribution in [3.05, 3.63) is 48.6 Å². The average molecular weight is 918 g/mol. The number of ether oxygens (including phenoxy) is 2. The SMILES string of the molecule is CC/C=C\C/C=C\C/C=C\C/C=C\CCCCCCC(=O)NC(COC1OC(CO)C(O)C(O)C1O)C(O)CCCCCCCCCCCCCCCCCCCCCCCCCCC. The molecule has 9 nitrogen and oxygen atoms in total. The Kier molecular flexibility index (Phi) is 43.2. The topological polar surface area (TPSA) is 149 Å². The second kappa shape index (κ2) is 45.9. The summed E-state index contributed by atoms with van der Waals surface area (Å²) in [5.41, 5.74) is 0. The molecule has 1 heterocycles. The Morgan fingerprint density at radius 2 is 0.954 bits per heavy atom. The Bertz CT molecular complexity index is 1160. The van der Waals surface area contributed by atoms with Gasteiger partial charge in [0.05, 0.1) is 25.4 Å². The maximum Gasteiger partial charge on any atom is 0.220 e. The molecule has 7 unspecified atom stereocenters. The van der Waals surface area contributed by atoms with Crippen molar-refractivity contribution >= 4 is 5.91 Å². The molecule has 1 aliphatic heterocycles. The molecule has 0 aromatic heterocycles. The van der Waals surface area contributed by atoms with Crippen LogP contribution in [0.2, 0.25) is 0 Å². The van der Waals surface area contributed by atoms with Crippen LogP contribution in [0, 0.1) is 0 Å². The summed E-state index contributed by atoms with van der Waals surface area (Å²) in [5, 5.41) is 54.6. The lowest BCUT2D eigenvalue weighted by atomic mass is 9.99. The van der Waals surface area contributed by atoms with Gasteiger partial charge in [0.2, 0.25) is 5.91 Å². The zero-order chi connectivity index (χ0) is 47.3. The zero-order valence-electron chi connectivity index (χ0n) is 42.0. The number of aliphatic hydroxyl groups is 5. The van der Waals surface area contributed by atoms with Gasteiger partial charge in [-0.1, -0.05) is 236 Å². The third-order valence-corrected chi connectivity index (χ3v) is 12.9. The summed E-state index contributed by atoms with van der Waals surface area (Å²) < 4.78 is 11.3. The predicted octanol–water partition coefficient (Wildman–Crippen LogP) is 13.0. The number of aliphatic hydroxyl groups excluding tert-OH is 5. The Balaban J connectivity index is 2.23. The third kappa shape index (κ3) is 35.9. The van der Waals surface area contributed by atoms with Crippen LogP contribution in [0.3, 0.4) is 0 Å². The lowest BCUT2D eigenvalue weighted by Crippen LogP contribution is -2.60. The first-order valence-electron chi connectivity index (χ1n) is 27.3. The third-order valence-electron chi connectivity index (χ3n) is 12.9. The lowest BCUT2D eigenvalue weighted by Gasteiger charge is -2.40. The lowest BCUT2D eigenvalue weighted by molar-refractivity contribution is -0.302. The van der Waals surface area contributed by atoms with Crippen LogP contribution >= 0.6 is 0 Å². The standard InChI is InChI=1S/C56H103NO8/c1-3-5-7-9-11-13-15-17-19-21-22-23-24-25-26-27-28-30-31-33-35-37-39-41-43-45-50(59)49(48-64-56-55(63)54(62)53(61)51(47-58)65-56)57-52(60)46-44-42-40-38-36-34-32-29-20-18-16-14-12-10-8-6-4-2/h6,8,12,14,18,20,32,34,49-51,53-56,58-59,61-63H,3-5,7,9-11,13,15-17,19,21-31,33,35-48H2,1-2H3,(H,57,60)/b8-6-,14-12-,20-18-,34-32-. The molecule has 0 spiro atoms. The number of carbonyl (C=O) groups is 1. The molecule has 0 saturated carbocycles. The Morgan fingerprint density at radius 1 is 0.538 bits per heavy atom. The Hall–Kier alpha value is -1.85. The minimum absolute atomic E-state index is 0.149. The van der Waals surface area contributed by atoms with Gasteiger partial charge in [0.15, 0.2) is 6.29 Å². The van der Waals surface area contributed by atoms with Gasteiger partial charge in [-0.25, -0.2) is 0 Å². The molecular formula is C56H103NO8. The molecule has 9 heteroatoms. The normalized spacial score (nSPS) is 20.3. The van der Waals surface area contributed by atoms with Gasteiger partial charge >= 0.3 is 0 Å². The Labute approximate surface area is 399 Å². The molecule has 6 N–H and O–H groups in total. The van der Waals surface area contributed by atoms with Crippen LogP contribution in [0.15, 0.2) is 48.6 Å². The number of hydrogen-bond acceptors (Lipinski definition) is 8. The van der Waals surface area contributed by atoms with E-state index in [2.05, 4.69) is 67.8 Å². The molecular weight excluding hydrogens is 815 g/mol. The van der Waals surface area contributed by atoms with Crippen molar-refractivity contribution in [1.29, 1.82) is 0 Å². The van der Waals surface area contributed by atoms with Gasteiger partial charge in [-0.15, -0.1) is 0 Å². The molecule has 65 heavy (non-hydrogen) atoms. The first-order chi connectivity index (χ1) is 31.8. The summed E-state index contributed by atoms with van der Waals surface area (Å²) in [6.45, 7) is 3.72. The monoisotopic (exact) mass is 918 g/mol. The summed E-state index contributed by atoms with van der Waals surface area (Å²) in [7, 11) is 0. The van der Waals surface area contributed by atoms with Crippen molar-refractivity contribution in [2.75, 3.05) is 13.2 Å².